The minimum Gasteiger partial charge on any atom is -0.311 e. The summed E-state index contributed by atoms with van der Waals surface area (Å²) < 4.78 is 23.6. The molecule has 1 aliphatic carbocycles. The standard InChI is InChI=1S/C11H21F2N/c1-9-3-2-4-10(7-9)5-6-14-8-11(12)13/h9-11,14H,2-8H2,1H3. The lowest BCUT2D eigenvalue weighted by Gasteiger charge is -2.26. The maximum absolute atomic E-state index is 11.8. The largest absolute Gasteiger partial charge is 0.311 e. The van der Waals surface area contributed by atoms with Gasteiger partial charge in [0.15, 0.2) is 0 Å². The van der Waals surface area contributed by atoms with Crippen LogP contribution in [0.2, 0.25) is 0 Å². The zero-order valence-corrected chi connectivity index (χ0v) is 8.94. The Hall–Kier alpha value is -0.180. The third-order valence-corrected chi connectivity index (χ3v) is 3.07. The van der Waals surface area contributed by atoms with Crippen LogP contribution in [0, 0.1) is 11.8 Å². The first-order valence-electron chi connectivity index (χ1n) is 5.67. The summed E-state index contributed by atoms with van der Waals surface area (Å²) >= 11 is 0. The topological polar surface area (TPSA) is 12.0 Å². The predicted molar refractivity (Wildman–Crippen MR) is 54.6 cm³/mol. The van der Waals surface area contributed by atoms with Gasteiger partial charge in [-0.3, -0.25) is 0 Å². The number of rotatable bonds is 5. The molecule has 84 valence electrons. The quantitative estimate of drug-likeness (QED) is 0.680. The molecule has 1 nitrogen and oxygen atoms in total. The van der Waals surface area contributed by atoms with E-state index in [0.29, 0.717) is 0 Å². The molecule has 0 amide bonds. The van der Waals surface area contributed by atoms with E-state index in [-0.39, 0.29) is 6.54 Å². The van der Waals surface area contributed by atoms with Gasteiger partial charge in [-0.05, 0) is 31.2 Å². The molecule has 1 saturated carbocycles. The van der Waals surface area contributed by atoms with Crippen molar-refractivity contribution in [1.29, 1.82) is 0 Å². The van der Waals surface area contributed by atoms with Gasteiger partial charge in [0, 0.05) is 0 Å². The van der Waals surface area contributed by atoms with Crippen molar-refractivity contribution in [3.8, 4) is 0 Å². The summed E-state index contributed by atoms with van der Waals surface area (Å²) in [6, 6.07) is 0. The third-order valence-electron chi connectivity index (χ3n) is 3.07. The van der Waals surface area contributed by atoms with Crippen LogP contribution in [0.25, 0.3) is 0 Å². The van der Waals surface area contributed by atoms with Crippen molar-refractivity contribution >= 4 is 0 Å². The van der Waals surface area contributed by atoms with E-state index in [2.05, 4.69) is 12.2 Å². The molecule has 2 atom stereocenters. The molecule has 1 aliphatic rings. The second-order valence-corrected chi connectivity index (χ2v) is 4.52. The highest BCUT2D eigenvalue weighted by Gasteiger charge is 2.18. The molecule has 0 spiro atoms. The van der Waals surface area contributed by atoms with Crippen LogP contribution in [-0.2, 0) is 0 Å². The Morgan fingerprint density at radius 1 is 1.36 bits per heavy atom. The van der Waals surface area contributed by atoms with E-state index in [1.807, 2.05) is 0 Å². The molecule has 0 aromatic carbocycles. The van der Waals surface area contributed by atoms with Gasteiger partial charge in [-0.2, -0.15) is 0 Å². The van der Waals surface area contributed by atoms with Crippen LogP contribution in [-0.4, -0.2) is 19.5 Å². The Balaban J connectivity index is 2.00. The van der Waals surface area contributed by atoms with E-state index in [1.54, 1.807) is 0 Å². The monoisotopic (exact) mass is 205 g/mol. The number of nitrogens with one attached hydrogen (secondary N) is 1. The van der Waals surface area contributed by atoms with Crippen molar-refractivity contribution in [3.05, 3.63) is 0 Å². The lowest BCUT2D eigenvalue weighted by molar-refractivity contribution is 0.144. The van der Waals surface area contributed by atoms with Gasteiger partial charge in [0.05, 0.1) is 6.54 Å². The molecule has 0 aromatic heterocycles. The summed E-state index contributed by atoms with van der Waals surface area (Å²) in [5, 5.41) is 2.80. The van der Waals surface area contributed by atoms with Gasteiger partial charge in [0.25, 0.3) is 6.43 Å². The van der Waals surface area contributed by atoms with E-state index >= 15 is 0 Å². The smallest absolute Gasteiger partial charge is 0.250 e. The molecule has 0 bridgehead atoms. The van der Waals surface area contributed by atoms with Crippen molar-refractivity contribution in [1.82, 2.24) is 5.32 Å². The lowest BCUT2D eigenvalue weighted by atomic mass is 9.81. The minimum absolute atomic E-state index is 0.151. The van der Waals surface area contributed by atoms with E-state index in [4.69, 9.17) is 0 Å². The first-order valence-corrected chi connectivity index (χ1v) is 5.67. The first-order chi connectivity index (χ1) is 6.68. The fourth-order valence-corrected chi connectivity index (χ4v) is 2.34. The molecule has 1 N–H and O–H groups in total. The zero-order chi connectivity index (χ0) is 10.4. The highest BCUT2D eigenvalue weighted by Crippen LogP contribution is 2.30. The van der Waals surface area contributed by atoms with Crippen LogP contribution in [0.3, 0.4) is 0 Å². The number of halogens is 2. The molecule has 0 heterocycles. The molecule has 0 saturated heterocycles. The zero-order valence-electron chi connectivity index (χ0n) is 8.94. The fourth-order valence-electron chi connectivity index (χ4n) is 2.34. The van der Waals surface area contributed by atoms with Gasteiger partial charge < -0.3 is 5.32 Å². The van der Waals surface area contributed by atoms with Gasteiger partial charge in [-0.15, -0.1) is 0 Å². The summed E-state index contributed by atoms with van der Waals surface area (Å²) in [6.45, 7) is 2.89. The van der Waals surface area contributed by atoms with Gasteiger partial charge in [-0.1, -0.05) is 26.2 Å². The molecule has 1 rings (SSSR count). The normalized spacial score (nSPS) is 28.3. The number of alkyl halides is 2. The highest BCUT2D eigenvalue weighted by atomic mass is 19.3. The molecule has 0 radical (unpaired) electrons. The van der Waals surface area contributed by atoms with Crippen LogP contribution < -0.4 is 5.32 Å². The molecule has 3 heteroatoms. The second-order valence-electron chi connectivity index (χ2n) is 4.52. The van der Waals surface area contributed by atoms with Crippen molar-refractivity contribution in [2.75, 3.05) is 13.1 Å². The number of hydrogen-bond acceptors (Lipinski definition) is 1. The van der Waals surface area contributed by atoms with Crippen LogP contribution in [0.4, 0.5) is 8.78 Å². The SMILES string of the molecule is CC1CCCC(CCNCC(F)F)C1. The second kappa shape index (κ2) is 6.33. The highest BCUT2D eigenvalue weighted by molar-refractivity contribution is 4.71. The molecule has 14 heavy (non-hydrogen) atoms. The Morgan fingerprint density at radius 2 is 2.14 bits per heavy atom. The fraction of sp³-hybridized carbons (Fsp3) is 1.00. The molecular formula is C11H21F2N. The third kappa shape index (κ3) is 4.89. The summed E-state index contributed by atoms with van der Waals surface area (Å²) in [5.41, 5.74) is 0. The minimum atomic E-state index is -2.21. The van der Waals surface area contributed by atoms with Crippen molar-refractivity contribution in [3.63, 3.8) is 0 Å². The molecule has 0 aliphatic heterocycles. The average Bonchev–Trinajstić information content (AvgIpc) is 2.12. The summed E-state index contributed by atoms with van der Waals surface area (Å²) in [5.74, 6) is 1.60. The molecule has 0 aromatic rings. The van der Waals surface area contributed by atoms with Gasteiger partial charge >= 0.3 is 0 Å². The lowest BCUT2D eigenvalue weighted by Crippen LogP contribution is -2.25. The summed E-state index contributed by atoms with van der Waals surface area (Å²) in [4.78, 5) is 0. The van der Waals surface area contributed by atoms with Crippen molar-refractivity contribution in [2.45, 2.75) is 45.5 Å². The van der Waals surface area contributed by atoms with E-state index < -0.39 is 6.43 Å². The van der Waals surface area contributed by atoms with Crippen molar-refractivity contribution < 1.29 is 8.78 Å². The van der Waals surface area contributed by atoms with E-state index in [1.165, 1.54) is 25.7 Å². The van der Waals surface area contributed by atoms with Gasteiger partial charge in [0.1, 0.15) is 0 Å². The summed E-state index contributed by atoms with van der Waals surface area (Å²) in [7, 11) is 0. The first kappa shape index (κ1) is 11.9. The molecule has 1 fully saturated rings. The Kier molecular flexibility index (Phi) is 5.38. The Morgan fingerprint density at radius 3 is 2.79 bits per heavy atom. The average molecular weight is 205 g/mol. The van der Waals surface area contributed by atoms with E-state index in [0.717, 1.165) is 24.8 Å². The predicted octanol–water partition coefficient (Wildman–Crippen LogP) is 3.06. The van der Waals surface area contributed by atoms with Crippen molar-refractivity contribution in [2.24, 2.45) is 11.8 Å². The Labute approximate surface area is 85.3 Å². The van der Waals surface area contributed by atoms with Crippen LogP contribution >= 0.6 is 0 Å². The maximum atomic E-state index is 11.8. The molecule has 2 unspecified atom stereocenters. The molecular weight excluding hydrogens is 184 g/mol. The van der Waals surface area contributed by atoms with Gasteiger partial charge in [-0.25, -0.2) is 8.78 Å². The van der Waals surface area contributed by atoms with Crippen LogP contribution in [0.15, 0.2) is 0 Å². The number of hydrogen-bond donors (Lipinski definition) is 1. The van der Waals surface area contributed by atoms with Gasteiger partial charge in [0.2, 0.25) is 0 Å². The van der Waals surface area contributed by atoms with E-state index in [9.17, 15) is 8.78 Å². The Bertz CT molecular complexity index is 150. The maximum Gasteiger partial charge on any atom is 0.250 e. The van der Waals surface area contributed by atoms with Crippen LogP contribution in [0.5, 0.6) is 0 Å². The van der Waals surface area contributed by atoms with Crippen LogP contribution in [0.1, 0.15) is 39.0 Å². The summed E-state index contributed by atoms with van der Waals surface area (Å²) in [6.07, 6.45) is 4.11.